The first-order valence-corrected chi connectivity index (χ1v) is 7.69. The van der Waals surface area contributed by atoms with E-state index in [1.165, 1.54) is 13.2 Å². The first-order chi connectivity index (χ1) is 10.1. The van der Waals surface area contributed by atoms with Gasteiger partial charge in [0.1, 0.15) is 11.6 Å². The molecule has 1 N–H and O–H groups in total. The normalized spacial score (nSPS) is 12.2. The summed E-state index contributed by atoms with van der Waals surface area (Å²) in [6, 6.07) is 10.8. The standard InChI is InChI=1S/C17H19BrFNO/c1-4-20-17(13-6-5-7-15(18)11(13)2)14-9-8-12(21-3)10-16(14)19/h5-10,17,20H,4H2,1-3H3. The van der Waals surface area contributed by atoms with Crippen LogP contribution in [0.4, 0.5) is 4.39 Å². The number of benzene rings is 2. The summed E-state index contributed by atoms with van der Waals surface area (Å²) in [5, 5.41) is 3.36. The Kier molecular flexibility index (Phi) is 5.37. The Labute approximate surface area is 133 Å². The third kappa shape index (κ3) is 3.44. The first kappa shape index (κ1) is 16.0. The molecule has 0 bridgehead atoms. The smallest absolute Gasteiger partial charge is 0.132 e. The van der Waals surface area contributed by atoms with Gasteiger partial charge in [0.25, 0.3) is 0 Å². The molecular formula is C17H19BrFNO. The zero-order valence-corrected chi connectivity index (χ0v) is 14.0. The maximum absolute atomic E-state index is 14.4. The highest BCUT2D eigenvalue weighted by Gasteiger charge is 2.20. The van der Waals surface area contributed by atoms with Gasteiger partial charge in [-0.25, -0.2) is 4.39 Å². The predicted molar refractivity (Wildman–Crippen MR) is 87.4 cm³/mol. The van der Waals surface area contributed by atoms with Crippen molar-refractivity contribution in [1.29, 1.82) is 0 Å². The lowest BCUT2D eigenvalue weighted by molar-refractivity contribution is 0.410. The molecule has 0 aliphatic heterocycles. The summed E-state index contributed by atoms with van der Waals surface area (Å²) in [6.45, 7) is 4.80. The van der Waals surface area contributed by atoms with Crippen molar-refractivity contribution in [3.8, 4) is 5.75 Å². The first-order valence-electron chi connectivity index (χ1n) is 6.90. The van der Waals surface area contributed by atoms with E-state index in [9.17, 15) is 4.39 Å². The van der Waals surface area contributed by atoms with E-state index < -0.39 is 0 Å². The maximum Gasteiger partial charge on any atom is 0.132 e. The lowest BCUT2D eigenvalue weighted by Crippen LogP contribution is -2.23. The minimum atomic E-state index is -0.264. The minimum Gasteiger partial charge on any atom is -0.497 e. The molecule has 2 aromatic carbocycles. The molecule has 0 fully saturated rings. The molecule has 0 aromatic heterocycles. The van der Waals surface area contributed by atoms with Crippen LogP contribution < -0.4 is 10.1 Å². The highest BCUT2D eigenvalue weighted by Crippen LogP contribution is 2.31. The summed E-state index contributed by atoms with van der Waals surface area (Å²) in [5.41, 5.74) is 2.80. The van der Waals surface area contributed by atoms with Crippen molar-refractivity contribution in [2.24, 2.45) is 0 Å². The van der Waals surface area contributed by atoms with E-state index in [2.05, 4.69) is 21.2 Å². The molecule has 0 aliphatic rings. The van der Waals surface area contributed by atoms with Crippen molar-refractivity contribution in [1.82, 2.24) is 5.32 Å². The van der Waals surface area contributed by atoms with E-state index in [1.807, 2.05) is 32.0 Å². The molecule has 2 rings (SSSR count). The van der Waals surface area contributed by atoms with Crippen molar-refractivity contribution < 1.29 is 9.13 Å². The molecule has 2 aromatic rings. The summed E-state index contributed by atoms with van der Waals surface area (Å²) >= 11 is 3.54. The molecule has 21 heavy (non-hydrogen) atoms. The van der Waals surface area contributed by atoms with Crippen LogP contribution in [0.1, 0.15) is 29.7 Å². The van der Waals surface area contributed by atoms with Crippen molar-refractivity contribution >= 4 is 15.9 Å². The number of halogens is 2. The average Bonchev–Trinajstić information content (AvgIpc) is 2.48. The second-order valence-corrected chi connectivity index (χ2v) is 5.69. The largest absolute Gasteiger partial charge is 0.497 e. The van der Waals surface area contributed by atoms with Gasteiger partial charge in [0, 0.05) is 16.1 Å². The number of rotatable bonds is 5. The summed E-state index contributed by atoms with van der Waals surface area (Å²) in [7, 11) is 1.54. The predicted octanol–water partition coefficient (Wildman–Crippen LogP) is 4.60. The van der Waals surface area contributed by atoms with Gasteiger partial charge in [-0.15, -0.1) is 0 Å². The molecule has 2 nitrogen and oxygen atoms in total. The van der Waals surface area contributed by atoms with Crippen LogP contribution in [-0.2, 0) is 0 Å². The molecular weight excluding hydrogens is 333 g/mol. The lowest BCUT2D eigenvalue weighted by atomic mass is 9.94. The third-order valence-corrected chi connectivity index (χ3v) is 4.41. The van der Waals surface area contributed by atoms with Gasteiger partial charge in [-0.3, -0.25) is 0 Å². The molecule has 4 heteroatoms. The molecule has 0 saturated carbocycles. The molecule has 0 spiro atoms. The number of hydrogen-bond acceptors (Lipinski definition) is 2. The zero-order valence-electron chi connectivity index (χ0n) is 12.4. The van der Waals surface area contributed by atoms with E-state index in [0.717, 1.165) is 22.1 Å². The minimum absolute atomic E-state index is 0.182. The summed E-state index contributed by atoms with van der Waals surface area (Å²) in [6.07, 6.45) is 0. The SMILES string of the molecule is CCNC(c1ccc(OC)cc1F)c1cccc(Br)c1C. The van der Waals surface area contributed by atoms with Gasteiger partial charge in [0.15, 0.2) is 0 Å². The van der Waals surface area contributed by atoms with E-state index in [-0.39, 0.29) is 11.9 Å². The average molecular weight is 352 g/mol. The van der Waals surface area contributed by atoms with Gasteiger partial charge < -0.3 is 10.1 Å². The van der Waals surface area contributed by atoms with E-state index in [0.29, 0.717) is 11.3 Å². The van der Waals surface area contributed by atoms with Crippen molar-refractivity contribution in [2.75, 3.05) is 13.7 Å². The van der Waals surface area contributed by atoms with Gasteiger partial charge in [-0.05, 0) is 36.7 Å². The molecule has 1 unspecified atom stereocenters. The van der Waals surface area contributed by atoms with Crippen molar-refractivity contribution in [2.45, 2.75) is 19.9 Å². The maximum atomic E-state index is 14.4. The molecule has 0 amide bonds. The fraction of sp³-hybridized carbons (Fsp3) is 0.294. The van der Waals surface area contributed by atoms with Crippen LogP contribution in [0.25, 0.3) is 0 Å². The number of nitrogens with one attached hydrogen (secondary N) is 1. The van der Waals surface area contributed by atoms with Crippen LogP contribution in [0.3, 0.4) is 0 Å². The quantitative estimate of drug-likeness (QED) is 0.849. The second-order valence-electron chi connectivity index (χ2n) is 4.83. The molecule has 112 valence electrons. The van der Waals surface area contributed by atoms with Crippen LogP contribution in [0.2, 0.25) is 0 Å². The van der Waals surface area contributed by atoms with Crippen LogP contribution in [0.5, 0.6) is 5.75 Å². The van der Waals surface area contributed by atoms with Gasteiger partial charge in [0.05, 0.1) is 13.2 Å². The fourth-order valence-electron chi connectivity index (χ4n) is 2.40. The highest BCUT2D eigenvalue weighted by atomic mass is 79.9. The summed E-state index contributed by atoms with van der Waals surface area (Å²) in [4.78, 5) is 0. The molecule has 0 aliphatic carbocycles. The van der Waals surface area contributed by atoms with Gasteiger partial charge in [-0.2, -0.15) is 0 Å². The monoisotopic (exact) mass is 351 g/mol. The van der Waals surface area contributed by atoms with Gasteiger partial charge in [-0.1, -0.05) is 41.1 Å². The fourth-order valence-corrected chi connectivity index (χ4v) is 2.78. The molecule has 0 saturated heterocycles. The number of methoxy groups -OCH3 is 1. The van der Waals surface area contributed by atoms with Gasteiger partial charge >= 0.3 is 0 Å². The Bertz CT molecular complexity index is 630. The molecule has 1 atom stereocenters. The van der Waals surface area contributed by atoms with E-state index in [4.69, 9.17) is 4.74 Å². The number of hydrogen-bond donors (Lipinski definition) is 1. The lowest BCUT2D eigenvalue weighted by Gasteiger charge is -2.22. The second kappa shape index (κ2) is 7.05. The van der Waals surface area contributed by atoms with Gasteiger partial charge in [0.2, 0.25) is 0 Å². The zero-order chi connectivity index (χ0) is 15.4. The van der Waals surface area contributed by atoms with Crippen molar-refractivity contribution in [3.05, 3.63) is 63.4 Å². The summed E-state index contributed by atoms with van der Waals surface area (Å²) < 4.78 is 20.5. The Balaban J connectivity index is 2.51. The van der Waals surface area contributed by atoms with Crippen LogP contribution in [0, 0.1) is 12.7 Å². The van der Waals surface area contributed by atoms with Crippen LogP contribution >= 0.6 is 15.9 Å². The Morgan fingerprint density at radius 2 is 2.00 bits per heavy atom. The number of ether oxygens (including phenoxy) is 1. The molecule has 0 radical (unpaired) electrons. The van der Waals surface area contributed by atoms with Crippen LogP contribution in [0.15, 0.2) is 40.9 Å². The Morgan fingerprint density at radius 1 is 1.24 bits per heavy atom. The summed E-state index contributed by atoms with van der Waals surface area (Å²) in [5.74, 6) is 0.261. The van der Waals surface area contributed by atoms with E-state index >= 15 is 0 Å². The molecule has 0 heterocycles. The Hall–Kier alpha value is -1.39. The van der Waals surface area contributed by atoms with E-state index in [1.54, 1.807) is 12.1 Å². The van der Waals surface area contributed by atoms with Crippen molar-refractivity contribution in [3.63, 3.8) is 0 Å². The van der Waals surface area contributed by atoms with Crippen LogP contribution in [-0.4, -0.2) is 13.7 Å². The highest BCUT2D eigenvalue weighted by molar-refractivity contribution is 9.10. The topological polar surface area (TPSA) is 21.3 Å². The Morgan fingerprint density at radius 3 is 2.62 bits per heavy atom. The third-order valence-electron chi connectivity index (χ3n) is 3.55.